The predicted molar refractivity (Wildman–Crippen MR) is 51.6 cm³/mol. The molecule has 0 radical (unpaired) electrons. The molecule has 1 N–H and O–H groups in total. The summed E-state index contributed by atoms with van der Waals surface area (Å²) in [6.07, 6.45) is 0. The summed E-state index contributed by atoms with van der Waals surface area (Å²) in [4.78, 5) is 0. The third kappa shape index (κ3) is 5.95. The van der Waals surface area contributed by atoms with Crippen LogP contribution in [0.3, 0.4) is 0 Å². The molecule has 0 aromatic carbocycles. The van der Waals surface area contributed by atoms with E-state index in [0.717, 1.165) is 0 Å². The number of rotatable bonds is 4. The van der Waals surface area contributed by atoms with Gasteiger partial charge in [-0.15, -0.1) is 0 Å². The van der Waals surface area contributed by atoms with Crippen molar-refractivity contribution in [2.24, 2.45) is 0 Å². The van der Waals surface area contributed by atoms with E-state index < -0.39 is 0 Å². The fraction of sp³-hybridized carbons (Fsp3) is 1.00. The normalized spacial score (nSPS) is 11.3. The van der Waals surface area contributed by atoms with Crippen LogP contribution in [0.2, 0.25) is 0 Å². The van der Waals surface area contributed by atoms with E-state index in [2.05, 4.69) is 28.8 Å². The van der Waals surface area contributed by atoms with Crippen molar-refractivity contribution in [3.63, 3.8) is 0 Å². The zero-order valence-corrected chi connectivity index (χ0v) is 6.39. The van der Waals surface area contributed by atoms with E-state index in [9.17, 15) is 0 Å². The largest absolute Gasteiger partial charge is 0.659 e. The Labute approximate surface area is 59.8 Å². The van der Waals surface area contributed by atoms with Crippen LogP contribution in [0.25, 0.3) is 0 Å². The second kappa shape index (κ2) is 4.91. The SMILES string of the molecule is [BH3-]N(C)[BH2-]N(C)[BH2-]NC. The zero-order valence-electron chi connectivity index (χ0n) is 6.39. The molecule has 0 bridgehead atoms. The Morgan fingerprint density at radius 2 is 2.00 bits per heavy atom. The van der Waals surface area contributed by atoms with Gasteiger partial charge in [-0.1, -0.05) is 21.1 Å². The molecule has 0 rings (SSSR count). The van der Waals surface area contributed by atoms with Gasteiger partial charge >= 0.3 is 0 Å². The second-order valence-electron chi connectivity index (χ2n) is 2.71. The molecule has 0 heterocycles. The molecule has 9 heavy (non-hydrogen) atoms. The van der Waals surface area contributed by atoms with Gasteiger partial charge < -0.3 is 14.7 Å². The third-order valence-electron chi connectivity index (χ3n) is 1.27. The van der Waals surface area contributed by atoms with Crippen LogP contribution < -0.4 is 5.23 Å². The van der Waals surface area contributed by atoms with Gasteiger partial charge in [0.05, 0.1) is 7.55 Å². The lowest BCUT2D eigenvalue weighted by molar-refractivity contribution is 0.723. The third-order valence-corrected chi connectivity index (χ3v) is 1.27. The lowest BCUT2D eigenvalue weighted by atomic mass is 9.92. The standard InChI is InChI=1S/C3H17B3N3/c1-7-5-9(3)6-8(2)4/h7H,5-6H2,1-4H3/q-3. The summed E-state index contributed by atoms with van der Waals surface area (Å²) >= 11 is 0. The van der Waals surface area contributed by atoms with E-state index in [1.165, 1.54) is 0 Å². The van der Waals surface area contributed by atoms with Crippen LogP contribution in [0.4, 0.5) is 0 Å². The maximum Gasteiger partial charge on any atom is 0.0590 e. The van der Waals surface area contributed by atoms with Gasteiger partial charge in [0, 0.05) is 7.55 Å². The molecule has 0 fully saturated rings. The number of nitrogens with one attached hydrogen (secondary N) is 1. The number of hydrogen-bond donors (Lipinski definition) is 1. The van der Waals surface area contributed by atoms with Gasteiger partial charge in [-0.05, 0) is 7.98 Å². The van der Waals surface area contributed by atoms with Gasteiger partial charge in [0.2, 0.25) is 0 Å². The summed E-state index contributed by atoms with van der Waals surface area (Å²) in [5.41, 5.74) is 0. The molecular weight excluding hydrogens is 110 g/mol. The monoisotopic (exact) mass is 128 g/mol. The van der Waals surface area contributed by atoms with Gasteiger partial charge in [0.15, 0.2) is 0 Å². The zero-order chi connectivity index (χ0) is 7.28. The van der Waals surface area contributed by atoms with Crippen molar-refractivity contribution < 1.29 is 0 Å². The van der Waals surface area contributed by atoms with E-state index in [1.807, 2.05) is 7.05 Å². The molecule has 0 aliphatic carbocycles. The van der Waals surface area contributed by atoms with E-state index >= 15 is 0 Å². The molecule has 0 aromatic heterocycles. The van der Waals surface area contributed by atoms with Crippen molar-refractivity contribution in [3.8, 4) is 0 Å². The Morgan fingerprint density at radius 3 is 2.33 bits per heavy atom. The first-order valence-corrected chi connectivity index (χ1v) is 3.24. The maximum atomic E-state index is 3.26. The highest BCUT2D eigenvalue weighted by molar-refractivity contribution is 6.50. The fourth-order valence-electron chi connectivity index (χ4n) is 0.947. The molecule has 0 aromatic rings. The molecule has 0 aliphatic rings. The lowest BCUT2D eigenvalue weighted by Gasteiger charge is -2.40. The summed E-state index contributed by atoms with van der Waals surface area (Å²) in [6, 6.07) is 0. The van der Waals surface area contributed by atoms with Gasteiger partial charge in [-0.25, -0.2) is 0 Å². The van der Waals surface area contributed by atoms with Gasteiger partial charge in [0.25, 0.3) is 0 Å². The van der Waals surface area contributed by atoms with Crippen LogP contribution in [0.15, 0.2) is 0 Å². The fourth-order valence-corrected chi connectivity index (χ4v) is 0.947. The van der Waals surface area contributed by atoms with Crippen LogP contribution in [-0.4, -0.2) is 53.7 Å². The first-order valence-electron chi connectivity index (χ1n) is 3.24. The Bertz CT molecular complexity index is 69.3. The first-order chi connectivity index (χ1) is 4.16. The van der Waals surface area contributed by atoms with Crippen LogP contribution in [0.1, 0.15) is 0 Å². The van der Waals surface area contributed by atoms with E-state index in [4.69, 9.17) is 0 Å². The summed E-state index contributed by atoms with van der Waals surface area (Å²) in [6.45, 7) is 0. The Balaban J connectivity index is 3.15. The van der Waals surface area contributed by atoms with Crippen LogP contribution >= 0.6 is 0 Å². The molecule has 0 saturated heterocycles. The summed E-state index contributed by atoms with van der Waals surface area (Å²) in [7, 11) is 7.19. The molecular formula is C3H17B3N3-3. The molecule has 0 aliphatic heterocycles. The molecule has 0 unspecified atom stereocenters. The highest BCUT2D eigenvalue weighted by atomic mass is 15.1. The predicted octanol–water partition coefficient (Wildman–Crippen LogP) is -3.65. The minimum atomic E-state index is 0.0503. The maximum absolute atomic E-state index is 3.26. The van der Waals surface area contributed by atoms with Gasteiger partial charge in [0.1, 0.15) is 0 Å². The average molecular weight is 128 g/mol. The Hall–Kier alpha value is 0.0748. The minimum absolute atomic E-state index is 0.0503. The average Bonchev–Trinajstić information content (AvgIpc) is 1.63. The highest BCUT2D eigenvalue weighted by Gasteiger charge is 1.78. The Morgan fingerprint density at radius 1 is 1.44 bits per heavy atom. The quantitative estimate of drug-likeness (QED) is 0.393. The molecule has 0 amide bonds. The molecule has 0 spiro atoms. The molecule has 3 nitrogen and oxygen atoms in total. The molecule has 0 atom stereocenters. The van der Waals surface area contributed by atoms with Crippen molar-refractivity contribution in [1.82, 2.24) is 14.7 Å². The van der Waals surface area contributed by atoms with Crippen molar-refractivity contribution in [2.75, 3.05) is 21.1 Å². The first kappa shape index (κ1) is 9.07. The molecule has 6 heteroatoms. The number of hydrogen-bond acceptors (Lipinski definition) is 3. The van der Waals surface area contributed by atoms with Gasteiger partial charge in [-0.2, -0.15) is 0 Å². The Kier molecular flexibility index (Phi) is 4.95. The van der Waals surface area contributed by atoms with Crippen molar-refractivity contribution in [1.29, 1.82) is 0 Å². The van der Waals surface area contributed by atoms with Crippen molar-refractivity contribution in [2.45, 2.75) is 0 Å². The van der Waals surface area contributed by atoms with E-state index in [-0.39, 0.29) is 15.1 Å². The summed E-state index contributed by atoms with van der Waals surface area (Å²) < 4.78 is 5.05. The lowest BCUT2D eigenvalue weighted by Crippen LogP contribution is -2.42. The van der Waals surface area contributed by atoms with Crippen LogP contribution in [0, 0.1) is 0 Å². The van der Waals surface area contributed by atoms with Crippen LogP contribution in [-0.2, 0) is 0 Å². The smallest absolute Gasteiger partial charge is 0.0590 e. The molecule has 56 valence electrons. The second-order valence-corrected chi connectivity index (χ2v) is 2.71. The topological polar surface area (TPSA) is 18.5 Å². The highest BCUT2D eigenvalue weighted by Crippen LogP contribution is 1.72. The number of nitrogens with zero attached hydrogens (tertiary/aromatic N) is 2. The summed E-state index contributed by atoms with van der Waals surface area (Å²) in [5.74, 6) is 0. The van der Waals surface area contributed by atoms with E-state index in [0.29, 0.717) is 7.98 Å². The van der Waals surface area contributed by atoms with Gasteiger partial charge in [-0.3, -0.25) is 0 Å². The van der Waals surface area contributed by atoms with Crippen molar-refractivity contribution >= 4 is 23.1 Å². The van der Waals surface area contributed by atoms with Crippen LogP contribution in [0.5, 0.6) is 0 Å². The van der Waals surface area contributed by atoms with E-state index in [1.54, 1.807) is 0 Å². The van der Waals surface area contributed by atoms with Crippen molar-refractivity contribution in [3.05, 3.63) is 0 Å². The minimum Gasteiger partial charge on any atom is -0.659 e. The summed E-state index contributed by atoms with van der Waals surface area (Å²) in [5, 5.41) is 3.26. The molecule has 0 saturated carbocycles.